The Kier molecular flexibility index (Phi) is 6.04. The standard InChI is InChI=1S/C14H27NO/c1-4-8-12(2)15(3)11-13-9-6-5-7-10-14(13)16/h12-13H,4-11H2,1-3H3. The Labute approximate surface area is 100 Å². The van der Waals surface area contributed by atoms with Crippen LogP contribution in [-0.4, -0.2) is 30.3 Å². The Morgan fingerprint density at radius 1 is 1.38 bits per heavy atom. The van der Waals surface area contributed by atoms with Gasteiger partial charge in [-0.25, -0.2) is 0 Å². The summed E-state index contributed by atoms with van der Waals surface area (Å²) in [4.78, 5) is 14.3. The maximum absolute atomic E-state index is 11.9. The zero-order valence-electron chi connectivity index (χ0n) is 11.2. The van der Waals surface area contributed by atoms with Gasteiger partial charge in [0.15, 0.2) is 0 Å². The van der Waals surface area contributed by atoms with E-state index in [9.17, 15) is 4.79 Å². The Hall–Kier alpha value is -0.370. The maximum Gasteiger partial charge on any atom is 0.137 e. The fourth-order valence-electron chi connectivity index (χ4n) is 2.59. The third-order valence-electron chi connectivity index (χ3n) is 3.90. The molecule has 1 rings (SSSR count). The number of Topliss-reactive ketones (excluding diaryl/α,β-unsaturated/α-hetero) is 1. The van der Waals surface area contributed by atoms with E-state index in [1.54, 1.807) is 0 Å². The van der Waals surface area contributed by atoms with Gasteiger partial charge in [0, 0.05) is 24.9 Å². The summed E-state index contributed by atoms with van der Waals surface area (Å²) in [5.41, 5.74) is 0. The van der Waals surface area contributed by atoms with Crippen LogP contribution < -0.4 is 0 Å². The minimum atomic E-state index is 0.312. The highest BCUT2D eigenvalue weighted by molar-refractivity contribution is 5.81. The average molecular weight is 225 g/mol. The molecule has 0 aliphatic heterocycles. The molecule has 1 aliphatic carbocycles. The van der Waals surface area contributed by atoms with Crippen LogP contribution >= 0.6 is 0 Å². The molecule has 0 bridgehead atoms. The predicted molar refractivity (Wildman–Crippen MR) is 68.6 cm³/mol. The van der Waals surface area contributed by atoms with Gasteiger partial charge in [0.2, 0.25) is 0 Å². The highest BCUT2D eigenvalue weighted by Gasteiger charge is 2.23. The first-order valence-corrected chi connectivity index (χ1v) is 6.88. The van der Waals surface area contributed by atoms with Gasteiger partial charge in [-0.3, -0.25) is 4.79 Å². The summed E-state index contributed by atoms with van der Waals surface area (Å²) in [6.45, 7) is 5.46. The summed E-state index contributed by atoms with van der Waals surface area (Å²) in [5, 5.41) is 0. The minimum Gasteiger partial charge on any atom is -0.303 e. The minimum absolute atomic E-state index is 0.312. The average Bonchev–Trinajstić information content (AvgIpc) is 2.45. The van der Waals surface area contributed by atoms with Gasteiger partial charge in [-0.1, -0.05) is 26.2 Å². The van der Waals surface area contributed by atoms with Gasteiger partial charge in [-0.15, -0.1) is 0 Å². The molecule has 94 valence electrons. The Bertz CT molecular complexity index is 215. The molecule has 2 unspecified atom stereocenters. The molecule has 0 N–H and O–H groups in total. The van der Waals surface area contributed by atoms with E-state index in [2.05, 4.69) is 25.8 Å². The number of carbonyl (C=O) groups excluding carboxylic acids is 1. The molecule has 0 radical (unpaired) electrons. The van der Waals surface area contributed by atoms with Crippen molar-refractivity contribution in [3.8, 4) is 0 Å². The molecule has 0 saturated heterocycles. The van der Waals surface area contributed by atoms with E-state index in [-0.39, 0.29) is 0 Å². The van der Waals surface area contributed by atoms with Crippen molar-refractivity contribution in [2.45, 2.75) is 64.8 Å². The third-order valence-corrected chi connectivity index (χ3v) is 3.90. The first-order chi connectivity index (χ1) is 7.65. The van der Waals surface area contributed by atoms with Crippen molar-refractivity contribution in [3.63, 3.8) is 0 Å². The summed E-state index contributed by atoms with van der Waals surface area (Å²) >= 11 is 0. The van der Waals surface area contributed by atoms with Crippen LogP contribution in [0.1, 0.15) is 58.8 Å². The van der Waals surface area contributed by atoms with Crippen molar-refractivity contribution in [2.24, 2.45) is 5.92 Å². The molecule has 2 nitrogen and oxygen atoms in total. The topological polar surface area (TPSA) is 20.3 Å². The predicted octanol–water partition coefficient (Wildman–Crippen LogP) is 3.26. The van der Waals surface area contributed by atoms with Gasteiger partial charge in [-0.05, 0) is 33.2 Å². The van der Waals surface area contributed by atoms with Crippen molar-refractivity contribution >= 4 is 5.78 Å². The number of ketones is 1. The fraction of sp³-hybridized carbons (Fsp3) is 0.929. The molecule has 0 aromatic rings. The Morgan fingerprint density at radius 2 is 2.12 bits per heavy atom. The van der Waals surface area contributed by atoms with Crippen LogP contribution in [0.2, 0.25) is 0 Å². The van der Waals surface area contributed by atoms with Crippen LogP contribution in [-0.2, 0) is 4.79 Å². The van der Waals surface area contributed by atoms with E-state index >= 15 is 0 Å². The largest absolute Gasteiger partial charge is 0.303 e. The van der Waals surface area contributed by atoms with Crippen LogP contribution in [0.3, 0.4) is 0 Å². The number of hydrogen-bond acceptors (Lipinski definition) is 2. The van der Waals surface area contributed by atoms with Gasteiger partial charge < -0.3 is 4.90 Å². The summed E-state index contributed by atoms with van der Waals surface area (Å²) in [6, 6.07) is 0.612. The molecular formula is C14H27NO. The summed E-state index contributed by atoms with van der Waals surface area (Å²) < 4.78 is 0. The third kappa shape index (κ3) is 4.25. The highest BCUT2D eigenvalue weighted by atomic mass is 16.1. The van der Waals surface area contributed by atoms with Crippen LogP contribution in [0.5, 0.6) is 0 Å². The molecule has 16 heavy (non-hydrogen) atoms. The molecule has 0 heterocycles. The van der Waals surface area contributed by atoms with Crippen LogP contribution in [0.15, 0.2) is 0 Å². The van der Waals surface area contributed by atoms with Crippen LogP contribution in [0.25, 0.3) is 0 Å². The molecule has 0 amide bonds. The lowest BCUT2D eigenvalue weighted by molar-refractivity contribution is -0.123. The van der Waals surface area contributed by atoms with Crippen LogP contribution in [0, 0.1) is 5.92 Å². The lowest BCUT2D eigenvalue weighted by Crippen LogP contribution is -2.36. The molecular weight excluding hydrogens is 198 g/mol. The summed E-state index contributed by atoms with van der Waals surface area (Å²) in [5.74, 6) is 0.819. The van der Waals surface area contributed by atoms with Gasteiger partial charge >= 0.3 is 0 Å². The zero-order chi connectivity index (χ0) is 12.0. The molecule has 0 aromatic carbocycles. The second kappa shape index (κ2) is 7.05. The first-order valence-electron chi connectivity index (χ1n) is 6.88. The number of carbonyl (C=O) groups is 1. The zero-order valence-corrected chi connectivity index (χ0v) is 11.2. The Balaban J connectivity index is 2.41. The number of nitrogens with zero attached hydrogens (tertiary/aromatic N) is 1. The SMILES string of the molecule is CCCC(C)N(C)CC1CCCCCC1=O. The second-order valence-corrected chi connectivity index (χ2v) is 5.34. The van der Waals surface area contributed by atoms with E-state index in [0.717, 1.165) is 25.8 Å². The highest BCUT2D eigenvalue weighted by Crippen LogP contribution is 2.21. The monoisotopic (exact) mass is 225 g/mol. The van der Waals surface area contributed by atoms with E-state index < -0.39 is 0 Å². The second-order valence-electron chi connectivity index (χ2n) is 5.34. The first kappa shape index (κ1) is 13.7. The molecule has 1 aliphatic rings. The summed E-state index contributed by atoms with van der Waals surface area (Å²) in [6.07, 6.45) is 8.00. The lowest BCUT2D eigenvalue weighted by atomic mass is 9.97. The number of rotatable bonds is 5. The smallest absolute Gasteiger partial charge is 0.137 e. The van der Waals surface area contributed by atoms with Gasteiger partial charge in [-0.2, -0.15) is 0 Å². The van der Waals surface area contributed by atoms with Gasteiger partial charge in [0.25, 0.3) is 0 Å². The van der Waals surface area contributed by atoms with Gasteiger partial charge in [0.05, 0.1) is 0 Å². The van der Waals surface area contributed by atoms with E-state index in [4.69, 9.17) is 0 Å². The molecule has 0 aromatic heterocycles. The molecule has 1 saturated carbocycles. The number of hydrogen-bond donors (Lipinski definition) is 0. The molecule has 2 heteroatoms. The van der Waals surface area contributed by atoms with E-state index in [1.807, 2.05) is 0 Å². The van der Waals surface area contributed by atoms with E-state index in [1.165, 1.54) is 25.7 Å². The van der Waals surface area contributed by atoms with Crippen molar-refractivity contribution in [3.05, 3.63) is 0 Å². The van der Waals surface area contributed by atoms with Crippen molar-refractivity contribution < 1.29 is 4.79 Å². The maximum atomic E-state index is 11.9. The van der Waals surface area contributed by atoms with Crippen molar-refractivity contribution in [1.29, 1.82) is 0 Å². The molecule has 1 fully saturated rings. The van der Waals surface area contributed by atoms with Crippen LogP contribution in [0.4, 0.5) is 0 Å². The lowest BCUT2D eigenvalue weighted by Gasteiger charge is -2.27. The van der Waals surface area contributed by atoms with Gasteiger partial charge in [0.1, 0.15) is 5.78 Å². The fourth-order valence-corrected chi connectivity index (χ4v) is 2.59. The quantitative estimate of drug-likeness (QED) is 0.669. The van der Waals surface area contributed by atoms with Crippen molar-refractivity contribution in [1.82, 2.24) is 4.90 Å². The van der Waals surface area contributed by atoms with E-state index in [0.29, 0.717) is 17.7 Å². The molecule has 0 spiro atoms. The molecule has 2 atom stereocenters. The normalized spacial score (nSPS) is 24.5. The van der Waals surface area contributed by atoms with Crippen molar-refractivity contribution in [2.75, 3.05) is 13.6 Å². The Morgan fingerprint density at radius 3 is 2.81 bits per heavy atom. The summed E-state index contributed by atoms with van der Waals surface area (Å²) in [7, 11) is 2.17.